The molecule has 6 heteroatoms. The summed E-state index contributed by atoms with van der Waals surface area (Å²) in [7, 11) is 0. The minimum Gasteiger partial charge on any atom is -0.399 e. The second-order valence-electron chi connectivity index (χ2n) is 4.83. The summed E-state index contributed by atoms with van der Waals surface area (Å²) in [4.78, 5) is 4.37. The largest absolute Gasteiger partial charge is 0.399 e. The van der Waals surface area contributed by atoms with E-state index in [0.717, 1.165) is 4.47 Å². The van der Waals surface area contributed by atoms with E-state index in [2.05, 4.69) is 20.9 Å². The van der Waals surface area contributed by atoms with Crippen molar-refractivity contribution in [1.29, 1.82) is 0 Å². The molecule has 3 rings (SSSR count). The van der Waals surface area contributed by atoms with Gasteiger partial charge in [-0.15, -0.1) is 0 Å². The van der Waals surface area contributed by atoms with Gasteiger partial charge in [0.15, 0.2) is 0 Å². The summed E-state index contributed by atoms with van der Waals surface area (Å²) in [5, 5.41) is 9.95. The highest BCUT2D eigenvalue weighted by Crippen LogP contribution is 2.29. The topological polar surface area (TPSA) is 64.1 Å². The number of fused-ring (bicyclic) bond motifs is 1. The molecule has 0 radical (unpaired) electrons. The lowest BCUT2D eigenvalue weighted by Crippen LogP contribution is -2.06. The lowest BCUT2D eigenvalue weighted by Gasteiger charge is -2.12. The first-order valence-corrected chi connectivity index (χ1v) is 7.18. The van der Waals surface area contributed by atoms with Gasteiger partial charge in [0.05, 0.1) is 16.7 Å². The van der Waals surface area contributed by atoms with Gasteiger partial charge in [0.25, 0.3) is 0 Å². The van der Waals surface area contributed by atoms with E-state index in [4.69, 9.17) is 5.73 Å². The number of benzene rings is 2. The van der Waals surface area contributed by atoms with Gasteiger partial charge in [-0.05, 0) is 43.3 Å². The van der Waals surface area contributed by atoms with Gasteiger partial charge in [-0.1, -0.05) is 15.9 Å². The number of hydrogen-bond acceptors (Lipinski definition) is 3. The number of halogens is 2. The number of aliphatic hydroxyl groups excluding tert-OH is 1. The number of rotatable bonds is 2. The average Bonchev–Trinajstić information content (AvgIpc) is 2.80. The van der Waals surface area contributed by atoms with E-state index in [1.165, 1.54) is 6.07 Å². The molecule has 0 saturated carbocycles. The molecule has 0 bridgehead atoms. The predicted octanol–water partition coefficient (Wildman–Crippen LogP) is 3.56. The molecule has 0 aliphatic rings. The fraction of sp³-hybridized carbons (Fsp3) is 0.133. The molecule has 1 heterocycles. The Hall–Kier alpha value is -1.92. The maximum Gasteiger partial charge on any atom is 0.147 e. The van der Waals surface area contributed by atoms with Crippen molar-refractivity contribution in [3.05, 3.63) is 52.5 Å². The lowest BCUT2D eigenvalue weighted by atomic mass is 10.2. The van der Waals surface area contributed by atoms with Gasteiger partial charge < -0.3 is 10.8 Å². The quantitative estimate of drug-likeness (QED) is 0.695. The van der Waals surface area contributed by atoms with Crippen LogP contribution in [-0.2, 0) is 0 Å². The summed E-state index contributed by atoms with van der Waals surface area (Å²) >= 11 is 3.34. The van der Waals surface area contributed by atoms with Crippen LogP contribution < -0.4 is 5.73 Å². The molecule has 21 heavy (non-hydrogen) atoms. The molecule has 0 saturated heterocycles. The van der Waals surface area contributed by atoms with Gasteiger partial charge in [0, 0.05) is 10.2 Å². The van der Waals surface area contributed by atoms with Gasteiger partial charge >= 0.3 is 0 Å². The van der Waals surface area contributed by atoms with E-state index in [-0.39, 0.29) is 0 Å². The van der Waals surface area contributed by atoms with Crippen LogP contribution in [0.2, 0.25) is 0 Å². The zero-order chi connectivity index (χ0) is 15.1. The number of aromatic nitrogens is 2. The van der Waals surface area contributed by atoms with Gasteiger partial charge in [-0.3, -0.25) is 4.57 Å². The highest BCUT2D eigenvalue weighted by molar-refractivity contribution is 9.10. The Kier molecular flexibility index (Phi) is 3.43. The maximum absolute atomic E-state index is 14.2. The Bertz CT molecular complexity index is 829. The van der Waals surface area contributed by atoms with Gasteiger partial charge in [0.2, 0.25) is 0 Å². The van der Waals surface area contributed by atoms with E-state index < -0.39 is 11.9 Å². The molecule has 3 aromatic rings. The molecular weight excluding hydrogens is 337 g/mol. The maximum atomic E-state index is 14.2. The molecule has 0 aliphatic carbocycles. The van der Waals surface area contributed by atoms with Crippen LogP contribution >= 0.6 is 15.9 Å². The lowest BCUT2D eigenvalue weighted by molar-refractivity contribution is 0.187. The normalized spacial score (nSPS) is 12.8. The van der Waals surface area contributed by atoms with Crippen molar-refractivity contribution < 1.29 is 9.50 Å². The van der Waals surface area contributed by atoms with Crippen molar-refractivity contribution in [3.63, 3.8) is 0 Å². The van der Waals surface area contributed by atoms with Crippen molar-refractivity contribution in [2.24, 2.45) is 0 Å². The third kappa shape index (κ3) is 2.41. The molecule has 1 aromatic heterocycles. The minimum absolute atomic E-state index is 0.326. The Balaban J connectivity index is 2.39. The fourth-order valence-electron chi connectivity index (χ4n) is 2.31. The fourth-order valence-corrected chi connectivity index (χ4v) is 2.66. The first-order chi connectivity index (χ1) is 9.97. The summed E-state index contributed by atoms with van der Waals surface area (Å²) in [5.74, 6) is -0.0242. The minimum atomic E-state index is -0.836. The van der Waals surface area contributed by atoms with Crippen LogP contribution in [-0.4, -0.2) is 14.7 Å². The van der Waals surface area contributed by atoms with Crippen LogP contribution in [0.25, 0.3) is 16.7 Å². The summed E-state index contributed by atoms with van der Waals surface area (Å²) in [5.41, 5.74) is 7.96. The molecule has 2 aromatic carbocycles. The Morgan fingerprint density at radius 2 is 2.05 bits per heavy atom. The van der Waals surface area contributed by atoms with E-state index in [9.17, 15) is 9.50 Å². The molecule has 108 valence electrons. The van der Waals surface area contributed by atoms with E-state index in [0.29, 0.717) is 28.2 Å². The Morgan fingerprint density at radius 3 is 2.76 bits per heavy atom. The van der Waals surface area contributed by atoms with Crippen LogP contribution in [0.3, 0.4) is 0 Å². The zero-order valence-electron chi connectivity index (χ0n) is 11.2. The van der Waals surface area contributed by atoms with Crippen LogP contribution in [0.15, 0.2) is 40.9 Å². The molecule has 1 atom stereocenters. The van der Waals surface area contributed by atoms with Crippen molar-refractivity contribution in [2.75, 3.05) is 5.73 Å². The van der Waals surface area contributed by atoms with Crippen LogP contribution in [0.5, 0.6) is 0 Å². The number of imidazole rings is 1. The number of anilines is 1. The van der Waals surface area contributed by atoms with Crippen LogP contribution in [0, 0.1) is 5.82 Å². The average molecular weight is 350 g/mol. The van der Waals surface area contributed by atoms with E-state index >= 15 is 0 Å². The van der Waals surface area contributed by atoms with Gasteiger partial charge in [0.1, 0.15) is 17.7 Å². The molecule has 3 N–H and O–H groups in total. The smallest absolute Gasteiger partial charge is 0.147 e. The number of hydrogen-bond donors (Lipinski definition) is 2. The van der Waals surface area contributed by atoms with Crippen molar-refractivity contribution in [3.8, 4) is 5.69 Å². The third-order valence-electron chi connectivity index (χ3n) is 3.23. The summed E-state index contributed by atoms with van der Waals surface area (Å²) < 4.78 is 16.6. The zero-order valence-corrected chi connectivity index (χ0v) is 12.8. The highest BCUT2D eigenvalue weighted by Gasteiger charge is 2.18. The van der Waals surface area contributed by atoms with Crippen LogP contribution in [0.4, 0.5) is 10.1 Å². The Morgan fingerprint density at radius 1 is 1.29 bits per heavy atom. The molecule has 1 unspecified atom stereocenters. The molecule has 0 amide bonds. The number of nitrogens with zero attached hydrogens (tertiary/aromatic N) is 2. The monoisotopic (exact) mass is 349 g/mol. The van der Waals surface area contributed by atoms with Gasteiger partial charge in [-0.25, -0.2) is 9.37 Å². The molecule has 4 nitrogen and oxygen atoms in total. The summed E-state index contributed by atoms with van der Waals surface area (Å²) in [6.45, 7) is 1.59. The van der Waals surface area contributed by atoms with Crippen molar-refractivity contribution in [1.82, 2.24) is 9.55 Å². The molecule has 0 spiro atoms. The van der Waals surface area contributed by atoms with Crippen LogP contribution in [0.1, 0.15) is 18.9 Å². The highest BCUT2D eigenvalue weighted by atomic mass is 79.9. The van der Waals surface area contributed by atoms with E-state index in [1.54, 1.807) is 41.8 Å². The second kappa shape index (κ2) is 5.13. The SMILES string of the molecule is CC(O)c1nc2cc(N)ccc2n1-c1cc(Br)ccc1F. The number of aliphatic hydroxyl groups is 1. The van der Waals surface area contributed by atoms with Gasteiger partial charge in [-0.2, -0.15) is 0 Å². The first-order valence-electron chi connectivity index (χ1n) is 6.38. The first kappa shape index (κ1) is 14.0. The Labute approximate surface area is 129 Å². The third-order valence-corrected chi connectivity index (χ3v) is 3.72. The molecular formula is C15H13BrFN3O. The number of nitrogens with two attached hydrogens (primary N) is 1. The van der Waals surface area contributed by atoms with Crippen molar-refractivity contribution in [2.45, 2.75) is 13.0 Å². The summed E-state index contributed by atoms with van der Waals surface area (Å²) in [6.07, 6.45) is -0.836. The predicted molar refractivity (Wildman–Crippen MR) is 83.8 cm³/mol. The number of nitrogen functional groups attached to an aromatic ring is 1. The van der Waals surface area contributed by atoms with Crippen molar-refractivity contribution >= 4 is 32.7 Å². The summed E-state index contributed by atoms with van der Waals surface area (Å²) in [6, 6.07) is 9.84. The molecule has 0 fully saturated rings. The van der Waals surface area contributed by atoms with E-state index in [1.807, 2.05) is 0 Å². The standard InChI is InChI=1S/C15H13BrFN3O/c1-8(21)15-19-12-7-10(18)3-5-13(12)20(15)14-6-9(16)2-4-11(14)17/h2-8,21H,18H2,1H3. The molecule has 0 aliphatic heterocycles. The second-order valence-corrected chi connectivity index (χ2v) is 5.74.